The van der Waals surface area contributed by atoms with Crippen molar-refractivity contribution in [3.63, 3.8) is 0 Å². The van der Waals surface area contributed by atoms with E-state index >= 15 is 0 Å². The smallest absolute Gasteiger partial charge is 0.381 e. The summed E-state index contributed by atoms with van der Waals surface area (Å²) in [6.07, 6.45) is -0.252. The van der Waals surface area contributed by atoms with Gasteiger partial charge in [0.2, 0.25) is 0 Å². The topological polar surface area (TPSA) is 79.9 Å². The van der Waals surface area contributed by atoms with Crippen LogP contribution in [-0.2, 0) is 17.5 Å². The largest absolute Gasteiger partial charge is 0.418 e. The lowest BCUT2D eigenvalue weighted by Gasteiger charge is -2.21. The molecule has 1 aromatic carbocycles. The first-order chi connectivity index (χ1) is 14.8. The van der Waals surface area contributed by atoms with Gasteiger partial charge in [-0.2, -0.15) is 13.2 Å². The first-order valence-corrected chi connectivity index (χ1v) is 10.1. The van der Waals surface area contributed by atoms with Crippen LogP contribution in [0.5, 0.6) is 0 Å². The number of benzene rings is 1. The van der Waals surface area contributed by atoms with Gasteiger partial charge in [0.05, 0.1) is 22.3 Å². The molecule has 0 aliphatic carbocycles. The van der Waals surface area contributed by atoms with Crippen LogP contribution in [0.4, 0.5) is 13.2 Å². The highest BCUT2D eigenvalue weighted by Gasteiger charge is 2.35. The van der Waals surface area contributed by atoms with E-state index in [0.29, 0.717) is 35.4 Å². The van der Waals surface area contributed by atoms with Crippen molar-refractivity contribution in [2.24, 2.45) is 0 Å². The maximum absolute atomic E-state index is 13.9. The Morgan fingerprint density at radius 3 is 2.68 bits per heavy atom. The number of rotatable bonds is 4. The fraction of sp³-hybridized carbons (Fsp3) is 0.409. The summed E-state index contributed by atoms with van der Waals surface area (Å²) in [5, 5.41) is 3.20. The molecule has 0 atom stereocenters. The second-order valence-electron chi connectivity index (χ2n) is 7.82. The molecule has 9 heteroatoms. The number of aromatic nitrogens is 3. The van der Waals surface area contributed by atoms with Gasteiger partial charge in [0.15, 0.2) is 0 Å². The van der Waals surface area contributed by atoms with Gasteiger partial charge >= 0.3 is 6.18 Å². The van der Waals surface area contributed by atoms with Gasteiger partial charge < -0.3 is 15.0 Å². The number of ether oxygens (including phenoxy) is 1. The molecule has 31 heavy (non-hydrogen) atoms. The summed E-state index contributed by atoms with van der Waals surface area (Å²) >= 11 is 0. The summed E-state index contributed by atoms with van der Waals surface area (Å²) in [6, 6.07) is 2.81. The van der Waals surface area contributed by atoms with Crippen LogP contribution < -0.4 is 5.32 Å². The molecule has 1 fully saturated rings. The van der Waals surface area contributed by atoms with Gasteiger partial charge in [-0.05, 0) is 49.9 Å². The van der Waals surface area contributed by atoms with Gasteiger partial charge in [-0.1, -0.05) is 0 Å². The number of amides is 1. The van der Waals surface area contributed by atoms with Crippen LogP contribution in [0.15, 0.2) is 24.7 Å². The fourth-order valence-electron chi connectivity index (χ4n) is 4.12. The van der Waals surface area contributed by atoms with Crippen molar-refractivity contribution >= 4 is 16.8 Å². The lowest BCUT2D eigenvalue weighted by Crippen LogP contribution is -2.24. The van der Waals surface area contributed by atoms with Gasteiger partial charge in [-0.15, -0.1) is 0 Å². The van der Waals surface area contributed by atoms with Gasteiger partial charge in [0.1, 0.15) is 6.33 Å². The highest BCUT2D eigenvalue weighted by molar-refractivity contribution is 5.95. The molecule has 1 amide bonds. The molecular formula is C22H23F3N4O2. The summed E-state index contributed by atoms with van der Waals surface area (Å²) in [6.45, 7) is 4.68. The standard InChI is InChI=1S/C22H23F3N4O2/c1-12-16-7-14(9-27-21(30)17-10-26-11-28-13(17)2)8-18(22(23,24)25)20(16)29-19(12)15-3-5-31-6-4-15/h7-8,10-11,15,29H,3-6,9H2,1-2H3,(H,27,30). The number of halogens is 3. The second kappa shape index (κ2) is 8.30. The number of aromatic amines is 1. The zero-order chi connectivity index (χ0) is 22.2. The number of hydrogen-bond acceptors (Lipinski definition) is 4. The Balaban J connectivity index is 1.68. The molecule has 1 aliphatic rings. The molecule has 3 heterocycles. The van der Waals surface area contributed by atoms with Crippen molar-refractivity contribution in [1.29, 1.82) is 0 Å². The monoisotopic (exact) mass is 432 g/mol. The molecule has 4 rings (SSSR count). The third-order valence-electron chi connectivity index (χ3n) is 5.81. The van der Waals surface area contributed by atoms with Gasteiger partial charge in [0, 0.05) is 43.0 Å². The highest BCUT2D eigenvalue weighted by atomic mass is 19.4. The van der Waals surface area contributed by atoms with E-state index in [0.717, 1.165) is 30.2 Å². The molecule has 2 N–H and O–H groups in total. The average molecular weight is 432 g/mol. The van der Waals surface area contributed by atoms with Crippen molar-refractivity contribution in [3.05, 3.63) is 58.3 Å². The summed E-state index contributed by atoms with van der Waals surface area (Å²) in [5.41, 5.74) is 2.18. The first-order valence-electron chi connectivity index (χ1n) is 10.1. The number of hydrogen-bond donors (Lipinski definition) is 2. The van der Waals surface area contributed by atoms with Crippen molar-refractivity contribution < 1.29 is 22.7 Å². The van der Waals surface area contributed by atoms with E-state index in [1.54, 1.807) is 13.0 Å². The predicted octanol–water partition coefficient (Wildman–Crippen LogP) is 4.42. The lowest BCUT2D eigenvalue weighted by atomic mass is 9.93. The lowest BCUT2D eigenvalue weighted by molar-refractivity contribution is -0.136. The van der Waals surface area contributed by atoms with E-state index in [9.17, 15) is 18.0 Å². The molecule has 0 spiro atoms. The summed E-state index contributed by atoms with van der Waals surface area (Å²) in [7, 11) is 0. The maximum Gasteiger partial charge on any atom is 0.418 e. The van der Waals surface area contributed by atoms with Crippen LogP contribution in [0, 0.1) is 13.8 Å². The molecule has 3 aromatic rings. The zero-order valence-corrected chi connectivity index (χ0v) is 17.3. The second-order valence-corrected chi connectivity index (χ2v) is 7.82. The molecule has 0 unspecified atom stereocenters. The van der Waals surface area contributed by atoms with Crippen molar-refractivity contribution in [2.45, 2.75) is 45.3 Å². The SMILES string of the molecule is Cc1ncncc1C(=O)NCc1cc(C(F)(F)F)c2[nH]c(C3CCOCC3)c(C)c2c1. The molecule has 164 valence electrons. The van der Waals surface area contributed by atoms with Crippen LogP contribution >= 0.6 is 0 Å². The van der Waals surface area contributed by atoms with Crippen molar-refractivity contribution in [1.82, 2.24) is 20.3 Å². The number of carbonyl (C=O) groups is 1. The number of nitrogens with one attached hydrogen (secondary N) is 2. The Morgan fingerprint density at radius 1 is 1.26 bits per heavy atom. The molecule has 6 nitrogen and oxygen atoms in total. The molecule has 0 bridgehead atoms. The Labute approximate surface area is 177 Å². The van der Waals surface area contributed by atoms with Gasteiger partial charge in [0.25, 0.3) is 5.91 Å². The minimum Gasteiger partial charge on any atom is -0.381 e. The number of fused-ring (bicyclic) bond motifs is 1. The summed E-state index contributed by atoms with van der Waals surface area (Å²) in [5.74, 6) is -0.285. The van der Waals surface area contributed by atoms with E-state index in [1.165, 1.54) is 12.5 Å². The van der Waals surface area contributed by atoms with Crippen molar-refractivity contribution in [3.8, 4) is 0 Å². The van der Waals surface area contributed by atoms with E-state index < -0.39 is 17.6 Å². The van der Waals surface area contributed by atoms with Crippen LogP contribution in [0.1, 0.15) is 57.2 Å². The van der Waals surface area contributed by atoms with E-state index in [4.69, 9.17) is 4.74 Å². The zero-order valence-electron chi connectivity index (χ0n) is 17.3. The van der Waals surface area contributed by atoms with Crippen LogP contribution in [0.25, 0.3) is 10.9 Å². The number of carbonyl (C=O) groups excluding carboxylic acids is 1. The van der Waals surface area contributed by atoms with E-state index in [1.807, 2.05) is 6.92 Å². The third-order valence-corrected chi connectivity index (χ3v) is 5.81. The molecular weight excluding hydrogens is 409 g/mol. The summed E-state index contributed by atoms with van der Waals surface area (Å²) in [4.78, 5) is 23.3. The Morgan fingerprint density at radius 2 is 2.00 bits per heavy atom. The van der Waals surface area contributed by atoms with E-state index in [-0.39, 0.29) is 18.0 Å². The predicted molar refractivity (Wildman–Crippen MR) is 109 cm³/mol. The van der Waals surface area contributed by atoms with Crippen LogP contribution in [-0.4, -0.2) is 34.1 Å². The minimum absolute atomic E-state index is 0.0383. The number of alkyl halides is 3. The highest BCUT2D eigenvalue weighted by Crippen LogP contribution is 2.40. The normalized spacial score (nSPS) is 15.4. The first kappa shape index (κ1) is 21.3. The minimum atomic E-state index is -4.52. The maximum atomic E-state index is 13.9. The van der Waals surface area contributed by atoms with E-state index in [2.05, 4.69) is 20.3 Å². The van der Waals surface area contributed by atoms with Gasteiger partial charge in [-0.25, -0.2) is 9.97 Å². The quantitative estimate of drug-likeness (QED) is 0.640. The Kier molecular flexibility index (Phi) is 5.70. The molecule has 0 radical (unpaired) electrons. The summed E-state index contributed by atoms with van der Waals surface area (Å²) < 4.78 is 47.0. The number of aryl methyl sites for hydroxylation is 2. The fourth-order valence-corrected chi connectivity index (χ4v) is 4.12. The van der Waals surface area contributed by atoms with Gasteiger partial charge in [-0.3, -0.25) is 4.79 Å². The number of nitrogens with zero attached hydrogens (tertiary/aromatic N) is 2. The van der Waals surface area contributed by atoms with Crippen molar-refractivity contribution in [2.75, 3.05) is 13.2 Å². The molecule has 1 aliphatic heterocycles. The van der Waals surface area contributed by atoms with Crippen LogP contribution in [0.2, 0.25) is 0 Å². The Hall–Kier alpha value is -2.94. The molecule has 1 saturated heterocycles. The Bertz CT molecular complexity index is 1120. The van der Waals surface area contributed by atoms with Crippen LogP contribution in [0.3, 0.4) is 0 Å². The average Bonchev–Trinajstić information content (AvgIpc) is 3.08. The number of H-pyrrole nitrogens is 1. The molecule has 0 saturated carbocycles. The third kappa shape index (κ3) is 4.27. The molecule has 2 aromatic heterocycles.